The predicted molar refractivity (Wildman–Crippen MR) is 62.5 cm³/mol. The van der Waals surface area contributed by atoms with Crippen LogP contribution in [0.2, 0.25) is 0 Å². The second-order valence-corrected chi connectivity index (χ2v) is 3.61. The van der Waals surface area contributed by atoms with Crippen molar-refractivity contribution in [1.29, 1.82) is 0 Å². The minimum Gasteiger partial charge on any atom is -0.461 e. The van der Waals surface area contributed by atoms with Crippen molar-refractivity contribution in [2.24, 2.45) is 0 Å². The largest absolute Gasteiger partial charge is 0.461 e. The summed E-state index contributed by atoms with van der Waals surface area (Å²) in [6, 6.07) is 2.77. The summed E-state index contributed by atoms with van der Waals surface area (Å²) in [5.74, 6) is -0.816. The molecule has 0 aliphatic heterocycles. The second kappa shape index (κ2) is 4.95. The van der Waals surface area contributed by atoms with Gasteiger partial charge in [0.2, 0.25) is 0 Å². The van der Waals surface area contributed by atoms with Crippen molar-refractivity contribution in [3.05, 3.63) is 35.5 Å². The highest BCUT2D eigenvalue weighted by Crippen LogP contribution is 2.19. The minimum atomic E-state index is -0.533. The zero-order chi connectivity index (χ0) is 13.1. The number of ether oxygens (including phenoxy) is 1. The fourth-order valence-corrected chi connectivity index (χ4v) is 1.53. The van der Waals surface area contributed by atoms with E-state index >= 15 is 0 Å². The summed E-state index contributed by atoms with van der Waals surface area (Å²) in [4.78, 5) is 22.3. The number of carbonyl (C=O) groups is 1. The van der Waals surface area contributed by atoms with Crippen molar-refractivity contribution in [1.82, 2.24) is 15.0 Å². The van der Waals surface area contributed by atoms with Crippen LogP contribution < -0.4 is 0 Å². The van der Waals surface area contributed by atoms with Gasteiger partial charge in [-0.05, 0) is 26.0 Å². The smallest absolute Gasteiger partial charge is 0.358 e. The first-order valence-corrected chi connectivity index (χ1v) is 5.48. The molecule has 6 heteroatoms. The normalized spacial score (nSPS) is 10.4. The Morgan fingerprint density at radius 1 is 1.56 bits per heavy atom. The molecule has 0 unspecified atom stereocenters. The molecule has 0 spiro atoms. The van der Waals surface area contributed by atoms with Crippen LogP contribution in [-0.4, -0.2) is 27.5 Å². The number of aromatic nitrogens is 3. The number of nitrogens with zero attached hydrogens (tertiary/aromatic N) is 2. The van der Waals surface area contributed by atoms with Gasteiger partial charge in [0, 0.05) is 11.9 Å². The highest BCUT2D eigenvalue weighted by Gasteiger charge is 2.18. The SMILES string of the molecule is CCOC(=O)c1nc(-c2ncccc2F)[nH]c1C. The third kappa shape index (κ3) is 2.22. The summed E-state index contributed by atoms with van der Waals surface area (Å²) in [5.41, 5.74) is 0.751. The number of halogens is 1. The molecule has 0 bridgehead atoms. The first kappa shape index (κ1) is 12.2. The molecule has 0 amide bonds. The van der Waals surface area contributed by atoms with Crippen molar-refractivity contribution >= 4 is 5.97 Å². The molecule has 0 radical (unpaired) electrons. The lowest BCUT2D eigenvalue weighted by Crippen LogP contribution is -2.06. The Bertz CT molecular complexity index is 580. The van der Waals surface area contributed by atoms with E-state index in [1.807, 2.05) is 0 Å². The number of hydrogen-bond donors (Lipinski definition) is 1. The third-order valence-electron chi connectivity index (χ3n) is 2.34. The molecular formula is C12H12FN3O2. The number of carbonyl (C=O) groups excluding carboxylic acids is 1. The summed E-state index contributed by atoms with van der Waals surface area (Å²) in [6.07, 6.45) is 1.46. The van der Waals surface area contributed by atoms with Gasteiger partial charge in [-0.3, -0.25) is 0 Å². The summed E-state index contributed by atoms with van der Waals surface area (Å²) >= 11 is 0. The topological polar surface area (TPSA) is 67.9 Å². The number of H-pyrrole nitrogens is 1. The molecule has 2 heterocycles. The van der Waals surface area contributed by atoms with Crippen LogP contribution >= 0.6 is 0 Å². The van der Waals surface area contributed by atoms with E-state index < -0.39 is 11.8 Å². The quantitative estimate of drug-likeness (QED) is 0.846. The molecule has 1 N–H and O–H groups in total. The van der Waals surface area contributed by atoms with Gasteiger partial charge >= 0.3 is 5.97 Å². The first-order valence-electron chi connectivity index (χ1n) is 5.48. The molecule has 0 saturated heterocycles. The predicted octanol–water partition coefficient (Wildman–Crippen LogP) is 2.10. The third-order valence-corrected chi connectivity index (χ3v) is 2.34. The second-order valence-electron chi connectivity index (χ2n) is 3.61. The van der Waals surface area contributed by atoms with Crippen molar-refractivity contribution in [2.45, 2.75) is 13.8 Å². The van der Waals surface area contributed by atoms with E-state index in [1.54, 1.807) is 13.8 Å². The van der Waals surface area contributed by atoms with Crippen LogP contribution in [0, 0.1) is 12.7 Å². The van der Waals surface area contributed by atoms with E-state index in [1.165, 1.54) is 18.3 Å². The maximum absolute atomic E-state index is 13.5. The lowest BCUT2D eigenvalue weighted by atomic mass is 10.3. The molecular weight excluding hydrogens is 237 g/mol. The summed E-state index contributed by atoms with van der Waals surface area (Å²) in [7, 11) is 0. The number of hydrogen-bond acceptors (Lipinski definition) is 4. The van der Waals surface area contributed by atoms with Gasteiger partial charge in [-0.15, -0.1) is 0 Å². The Morgan fingerprint density at radius 3 is 3.00 bits per heavy atom. The van der Waals surface area contributed by atoms with Gasteiger partial charge < -0.3 is 9.72 Å². The molecule has 0 fully saturated rings. The number of aromatic amines is 1. The van der Waals surface area contributed by atoms with E-state index in [2.05, 4.69) is 15.0 Å². The van der Waals surface area contributed by atoms with Crippen LogP contribution in [0.25, 0.3) is 11.5 Å². The summed E-state index contributed by atoms with van der Waals surface area (Å²) in [5, 5.41) is 0. The number of aryl methyl sites for hydroxylation is 1. The zero-order valence-corrected chi connectivity index (χ0v) is 10.0. The highest BCUT2D eigenvalue weighted by molar-refractivity contribution is 5.89. The van der Waals surface area contributed by atoms with E-state index in [0.717, 1.165) is 0 Å². The van der Waals surface area contributed by atoms with E-state index in [9.17, 15) is 9.18 Å². The first-order chi connectivity index (χ1) is 8.63. The number of rotatable bonds is 3. The Kier molecular flexibility index (Phi) is 3.36. The van der Waals surface area contributed by atoms with E-state index in [0.29, 0.717) is 5.69 Å². The molecule has 18 heavy (non-hydrogen) atoms. The van der Waals surface area contributed by atoms with Crippen molar-refractivity contribution in [3.63, 3.8) is 0 Å². The van der Waals surface area contributed by atoms with Crippen molar-refractivity contribution in [3.8, 4) is 11.5 Å². The van der Waals surface area contributed by atoms with Crippen molar-refractivity contribution < 1.29 is 13.9 Å². The molecule has 2 aromatic rings. The number of pyridine rings is 1. The standard InChI is InChI=1S/C12H12FN3O2/c1-3-18-12(17)9-7(2)15-11(16-9)10-8(13)5-4-6-14-10/h4-6H,3H2,1-2H3,(H,15,16). The lowest BCUT2D eigenvalue weighted by molar-refractivity contribution is 0.0519. The van der Waals surface area contributed by atoms with Gasteiger partial charge in [0.25, 0.3) is 0 Å². The minimum absolute atomic E-state index is 0.0798. The van der Waals surface area contributed by atoms with Crippen LogP contribution in [0.1, 0.15) is 23.1 Å². The van der Waals surface area contributed by atoms with E-state index in [4.69, 9.17) is 4.74 Å². The Labute approximate surface area is 103 Å². The maximum Gasteiger partial charge on any atom is 0.358 e. The average molecular weight is 249 g/mol. The summed E-state index contributed by atoms with van der Waals surface area (Å²) in [6.45, 7) is 3.64. The molecule has 0 atom stereocenters. The Hall–Kier alpha value is -2.24. The molecule has 0 aliphatic rings. The lowest BCUT2D eigenvalue weighted by Gasteiger charge is -1.98. The Morgan fingerprint density at radius 2 is 2.33 bits per heavy atom. The maximum atomic E-state index is 13.5. The van der Waals surface area contributed by atoms with Crippen LogP contribution in [-0.2, 0) is 4.74 Å². The molecule has 2 rings (SSSR count). The zero-order valence-electron chi connectivity index (χ0n) is 10.0. The number of imidazole rings is 1. The Balaban J connectivity index is 2.41. The average Bonchev–Trinajstić information content (AvgIpc) is 2.72. The molecule has 0 aliphatic carbocycles. The highest BCUT2D eigenvalue weighted by atomic mass is 19.1. The fraction of sp³-hybridized carbons (Fsp3) is 0.250. The van der Waals surface area contributed by atoms with Gasteiger partial charge in [0.1, 0.15) is 5.69 Å². The summed E-state index contributed by atoms with van der Waals surface area (Å²) < 4.78 is 18.4. The van der Waals surface area contributed by atoms with Crippen LogP contribution in [0.15, 0.2) is 18.3 Å². The van der Waals surface area contributed by atoms with Gasteiger partial charge in [0.15, 0.2) is 17.3 Å². The van der Waals surface area contributed by atoms with Gasteiger partial charge in [-0.1, -0.05) is 0 Å². The van der Waals surface area contributed by atoms with Crippen LogP contribution in [0.3, 0.4) is 0 Å². The van der Waals surface area contributed by atoms with Crippen molar-refractivity contribution in [2.75, 3.05) is 6.61 Å². The van der Waals surface area contributed by atoms with Gasteiger partial charge in [-0.2, -0.15) is 0 Å². The van der Waals surface area contributed by atoms with Gasteiger partial charge in [-0.25, -0.2) is 19.2 Å². The molecule has 0 saturated carbocycles. The fourth-order valence-electron chi connectivity index (χ4n) is 1.53. The number of nitrogens with one attached hydrogen (secondary N) is 1. The molecule has 94 valence electrons. The molecule has 0 aromatic carbocycles. The van der Waals surface area contributed by atoms with Crippen LogP contribution in [0.4, 0.5) is 4.39 Å². The molecule has 5 nitrogen and oxygen atoms in total. The van der Waals surface area contributed by atoms with Gasteiger partial charge in [0.05, 0.1) is 6.61 Å². The molecule has 2 aromatic heterocycles. The van der Waals surface area contributed by atoms with E-state index in [-0.39, 0.29) is 23.8 Å². The monoisotopic (exact) mass is 249 g/mol. The van der Waals surface area contributed by atoms with Crippen LogP contribution in [0.5, 0.6) is 0 Å². The number of esters is 1.